The zero-order valence-electron chi connectivity index (χ0n) is 9.97. The highest BCUT2D eigenvalue weighted by Gasteiger charge is 2.29. The number of benzene rings is 1. The van der Waals surface area contributed by atoms with E-state index in [9.17, 15) is 4.39 Å². The third-order valence-corrected chi connectivity index (χ3v) is 2.84. The van der Waals surface area contributed by atoms with Crippen molar-refractivity contribution in [3.05, 3.63) is 41.3 Å². The lowest BCUT2D eigenvalue weighted by atomic mass is 10.2. The third kappa shape index (κ3) is 2.55. The van der Waals surface area contributed by atoms with E-state index in [0.29, 0.717) is 23.4 Å². The first-order chi connectivity index (χ1) is 9.26. The van der Waals surface area contributed by atoms with Crippen molar-refractivity contribution in [1.82, 2.24) is 10.1 Å². The maximum absolute atomic E-state index is 13.3. The van der Waals surface area contributed by atoms with E-state index in [0.717, 1.165) is 12.8 Å². The molecule has 1 heterocycles. The second-order valence-electron chi connectivity index (χ2n) is 4.37. The van der Waals surface area contributed by atoms with Gasteiger partial charge in [-0.2, -0.15) is 10.2 Å². The van der Waals surface area contributed by atoms with Crippen LogP contribution in [0.15, 0.2) is 22.7 Å². The number of halogens is 1. The van der Waals surface area contributed by atoms with E-state index in [4.69, 9.17) is 14.5 Å². The lowest BCUT2D eigenvalue weighted by Gasteiger charge is -2.03. The van der Waals surface area contributed by atoms with Crippen molar-refractivity contribution in [3.63, 3.8) is 0 Å². The monoisotopic (exact) mass is 259 g/mol. The number of hydrogen-bond donors (Lipinski definition) is 0. The summed E-state index contributed by atoms with van der Waals surface area (Å²) in [6.45, 7) is 0.113. The Labute approximate surface area is 108 Å². The Balaban J connectivity index is 1.64. The standard InChI is InChI=1S/C13H10FN3O2/c14-11-5-10(4-3-9(11)6-15)18-7-12-16-13(19-17-12)8-1-2-8/h3-5,8H,1-2,7H2. The molecule has 0 bridgehead atoms. The Kier molecular flexibility index (Phi) is 2.88. The number of rotatable bonds is 4. The molecule has 0 N–H and O–H groups in total. The van der Waals surface area contributed by atoms with Crippen LogP contribution in [0.4, 0.5) is 4.39 Å². The quantitative estimate of drug-likeness (QED) is 0.843. The van der Waals surface area contributed by atoms with Crippen LogP contribution in [0.3, 0.4) is 0 Å². The molecule has 1 aromatic carbocycles. The SMILES string of the molecule is N#Cc1ccc(OCc2noc(C3CC3)n2)cc1F. The number of aromatic nitrogens is 2. The minimum atomic E-state index is -0.605. The molecule has 3 rings (SSSR count). The molecule has 0 saturated heterocycles. The maximum Gasteiger partial charge on any atom is 0.229 e. The molecule has 19 heavy (non-hydrogen) atoms. The summed E-state index contributed by atoms with van der Waals surface area (Å²) in [7, 11) is 0. The predicted molar refractivity (Wildman–Crippen MR) is 61.7 cm³/mol. The predicted octanol–water partition coefficient (Wildman–Crippen LogP) is 2.54. The summed E-state index contributed by atoms with van der Waals surface area (Å²) in [5.41, 5.74) is -0.0112. The topological polar surface area (TPSA) is 71.9 Å². The van der Waals surface area contributed by atoms with E-state index in [2.05, 4.69) is 10.1 Å². The smallest absolute Gasteiger partial charge is 0.229 e. The van der Waals surface area contributed by atoms with Crippen LogP contribution in [0.2, 0.25) is 0 Å². The molecule has 6 heteroatoms. The van der Waals surface area contributed by atoms with Crippen LogP contribution < -0.4 is 4.74 Å². The minimum absolute atomic E-state index is 0.0112. The summed E-state index contributed by atoms with van der Waals surface area (Å²) in [4.78, 5) is 4.19. The Hall–Kier alpha value is -2.42. The van der Waals surface area contributed by atoms with Gasteiger partial charge in [0.2, 0.25) is 11.7 Å². The van der Waals surface area contributed by atoms with Gasteiger partial charge in [-0.25, -0.2) is 4.39 Å². The van der Waals surface area contributed by atoms with E-state index in [1.165, 1.54) is 18.2 Å². The van der Waals surface area contributed by atoms with Gasteiger partial charge in [0.15, 0.2) is 6.61 Å². The average molecular weight is 259 g/mol. The maximum atomic E-state index is 13.3. The summed E-state index contributed by atoms with van der Waals surface area (Å²) in [5, 5.41) is 12.4. The fraction of sp³-hybridized carbons (Fsp3) is 0.308. The van der Waals surface area contributed by atoms with Crippen molar-refractivity contribution in [1.29, 1.82) is 5.26 Å². The molecule has 1 aliphatic rings. The zero-order chi connectivity index (χ0) is 13.2. The molecule has 96 valence electrons. The highest BCUT2D eigenvalue weighted by atomic mass is 19.1. The van der Waals surface area contributed by atoms with Crippen molar-refractivity contribution in [2.45, 2.75) is 25.4 Å². The Morgan fingerprint density at radius 1 is 1.47 bits per heavy atom. The zero-order valence-corrected chi connectivity index (χ0v) is 9.97. The van der Waals surface area contributed by atoms with Crippen LogP contribution in [-0.4, -0.2) is 10.1 Å². The van der Waals surface area contributed by atoms with Crippen LogP contribution in [0, 0.1) is 17.1 Å². The summed E-state index contributed by atoms with van der Waals surface area (Å²) < 4.78 is 23.8. The second kappa shape index (κ2) is 4.69. The van der Waals surface area contributed by atoms with Gasteiger partial charge in [0, 0.05) is 12.0 Å². The van der Waals surface area contributed by atoms with Gasteiger partial charge in [0.05, 0.1) is 5.56 Å². The fourth-order valence-corrected chi connectivity index (χ4v) is 1.65. The highest BCUT2D eigenvalue weighted by molar-refractivity contribution is 5.36. The van der Waals surface area contributed by atoms with E-state index in [-0.39, 0.29) is 12.2 Å². The Bertz CT molecular complexity index is 644. The molecule has 0 unspecified atom stereocenters. The number of nitrogens with zero attached hydrogens (tertiary/aromatic N) is 3. The Morgan fingerprint density at radius 2 is 2.32 bits per heavy atom. The van der Waals surface area contributed by atoms with Gasteiger partial charge >= 0.3 is 0 Å². The van der Waals surface area contributed by atoms with E-state index >= 15 is 0 Å². The van der Waals surface area contributed by atoms with Crippen LogP contribution in [0.1, 0.15) is 36.0 Å². The molecule has 0 radical (unpaired) electrons. The molecule has 1 fully saturated rings. The van der Waals surface area contributed by atoms with Crippen molar-refractivity contribution in [3.8, 4) is 11.8 Å². The summed E-state index contributed by atoms with van der Waals surface area (Å²) >= 11 is 0. The molecule has 1 saturated carbocycles. The highest BCUT2D eigenvalue weighted by Crippen LogP contribution is 2.38. The van der Waals surface area contributed by atoms with Crippen molar-refractivity contribution >= 4 is 0 Å². The summed E-state index contributed by atoms with van der Waals surface area (Å²) in [6, 6.07) is 5.82. The minimum Gasteiger partial charge on any atom is -0.485 e. The number of ether oxygens (including phenoxy) is 1. The molecule has 1 aliphatic carbocycles. The summed E-state index contributed by atoms with van der Waals surface area (Å²) in [5.74, 6) is 1.20. The first-order valence-corrected chi connectivity index (χ1v) is 5.91. The van der Waals surface area contributed by atoms with Gasteiger partial charge in [-0.15, -0.1) is 0 Å². The average Bonchev–Trinajstić information content (AvgIpc) is 3.16. The molecule has 0 aliphatic heterocycles. The normalized spacial score (nSPS) is 14.1. The second-order valence-corrected chi connectivity index (χ2v) is 4.37. The van der Waals surface area contributed by atoms with Gasteiger partial charge in [-0.3, -0.25) is 0 Å². The first-order valence-electron chi connectivity index (χ1n) is 5.91. The number of nitriles is 1. The van der Waals surface area contributed by atoms with Crippen molar-refractivity contribution in [2.24, 2.45) is 0 Å². The molecular weight excluding hydrogens is 249 g/mol. The van der Waals surface area contributed by atoms with Gasteiger partial charge in [-0.1, -0.05) is 5.16 Å². The third-order valence-electron chi connectivity index (χ3n) is 2.84. The van der Waals surface area contributed by atoms with Gasteiger partial charge in [0.1, 0.15) is 17.6 Å². The largest absolute Gasteiger partial charge is 0.485 e. The molecule has 5 nitrogen and oxygen atoms in total. The van der Waals surface area contributed by atoms with Gasteiger partial charge in [0.25, 0.3) is 0 Å². The lowest BCUT2D eigenvalue weighted by molar-refractivity contribution is 0.284. The van der Waals surface area contributed by atoms with E-state index < -0.39 is 5.82 Å². The van der Waals surface area contributed by atoms with Crippen LogP contribution in [0.5, 0.6) is 5.75 Å². The van der Waals surface area contributed by atoms with E-state index in [1.54, 1.807) is 6.07 Å². The molecule has 0 spiro atoms. The van der Waals surface area contributed by atoms with Gasteiger partial charge in [-0.05, 0) is 25.0 Å². The van der Waals surface area contributed by atoms with Crippen LogP contribution >= 0.6 is 0 Å². The molecule has 1 aromatic heterocycles. The van der Waals surface area contributed by atoms with Crippen LogP contribution in [-0.2, 0) is 6.61 Å². The Morgan fingerprint density at radius 3 is 3.00 bits per heavy atom. The molecule has 0 amide bonds. The van der Waals surface area contributed by atoms with Crippen molar-refractivity contribution < 1.29 is 13.7 Å². The van der Waals surface area contributed by atoms with Crippen molar-refractivity contribution in [2.75, 3.05) is 0 Å². The molecular formula is C13H10FN3O2. The van der Waals surface area contributed by atoms with Gasteiger partial charge < -0.3 is 9.26 Å². The fourth-order valence-electron chi connectivity index (χ4n) is 1.65. The lowest BCUT2D eigenvalue weighted by Crippen LogP contribution is -1.98. The molecule has 0 atom stereocenters. The number of hydrogen-bond acceptors (Lipinski definition) is 5. The summed E-state index contributed by atoms with van der Waals surface area (Å²) in [6.07, 6.45) is 2.17. The molecule has 2 aromatic rings. The first kappa shape index (κ1) is 11.7. The van der Waals surface area contributed by atoms with E-state index in [1.807, 2.05) is 0 Å². The van der Waals surface area contributed by atoms with Crippen LogP contribution in [0.25, 0.3) is 0 Å².